The highest BCUT2D eigenvalue weighted by atomic mass is 35.5. The van der Waals surface area contributed by atoms with E-state index in [0.29, 0.717) is 24.0 Å². The maximum atomic E-state index is 12.8. The largest absolute Gasteiger partial charge is 0.333 e. The van der Waals surface area contributed by atoms with Gasteiger partial charge >= 0.3 is 0 Å². The molecular weight excluding hydrogens is 380 g/mol. The molecule has 1 N–H and O–H groups in total. The van der Waals surface area contributed by atoms with Crippen LogP contribution in [-0.4, -0.2) is 50.4 Å². The van der Waals surface area contributed by atoms with Crippen LogP contribution in [0.2, 0.25) is 0 Å². The van der Waals surface area contributed by atoms with Crippen LogP contribution in [-0.2, 0) is 11.3 Å². The van der Waals surface area contributed by atoms with Gasteiger partial charge in [0.25, 0.3) is 5.56 Å². The number of hydrogen-bond acceptors (Lipinski definition) is 6. The van der Waals surface area contributed by atoms with Crippen LogP contribution in [0.1, 0.15) is 18.0 Å². The Morgan fingerprint density at radius 2 is 2.07 bits per heavy atom. The summed E-state index contributed by atoms with van der Waals surface area (Å²) in [5, 5.41) is 11.9. The van der Waals surface area contributed by atoms with E-state index >= 15 is 0 Å². The highest BCUT2D eigenvalue weighted by Crippen LogP contribution is 2.22. The number of nitrogens with one attached hydrogen (secondary N) is 1. The summed E-state index contributed by atoms with van der Waals surface area (Å²) >= 11 is 0. The Hall–Kier alpha value is -2.84. The number of pyridine rings is 1. The predicted molar refractivity (Wildman–Crippen MR) is 107 cm³/mol. The molecule has 146 valence electrons. The minimum Gasteiger partial charge on any atom is -0.333 e. The maximum Gasteiger partial charge on any atom is 0.277 e. The molecule has 0 bridgehead atoms. The summed E-state index contributed by atoms with van der Waals surface area (Å²) in [6.07, 6.45) is 3.71. The van der Waals surface area contributed by atoms with Crippen molar-refractivity contribution >= 4 is 29.2 Å². The molecule has 3 aromatic rings. The van der Waals surface area contributed by atoms with E-state index in [-0.39, 0.29) is 42.9 Å². The SMILES string of the molecule is Cl.O=C(CCn1nnc2ccccc2c1=O)N1CCNCC1c1cccnc1. The van der Waals surface area contributed by atoms with Crippen LogP contribution in [0.15, 0.2) is 53.6 Å². The molecule has 0 aliphatic carbocycles. The normalized spacial score (nSPS) is 16.6. The van der Waals surface area contributed by atoms with Crippen molar-refractivity contribution in [1.82, 2.24) is 30.2 Å². The molecule has 28 heavy (non-hydrogen) atoms. The van der Waals surface area contributed by atoms with Crippen LogP contribution in [0.25, 0.3) is 10.9 Å². The number of halogens is 1. The molecule has 0 saturated carbocycles. The fraction of sp³-hybridized carbons (Fsp3) is 0.316. The van der Waals surface area contributed by atoms with Gasteiger partial charge in [0.2, 0.25) is 5.91 Å². The molecular formula is C19H21ClN6O2. The molecule has 0 spiro atoms. The third-order valence-corrected chi connectivity index (χ3v) is 4.80. The highest BCUT2D eigenvalue weighted by Gasteiger charge is 2.27. The van der Waals surface area contributed by atoms with Gasteiger partial charge in [-0.3, -0.25) is 14.6 Å². The molecule has 0 radical (unpaired) electrons. The summed E-state index contributed by atoms with van der Waals surface area (Å²) in [7, 11) is 0. The summed E-state index contributed by atoms with van der Waals surface area (Å²) < 4.78 is 1.27. The van der Waals surface area contributed by atoms with Crippen molar-refractivity contribution < 1.29 is 4.79 Å². The lowest BCUT2D eigenvalue weighted by Gasteiger charge is -2.36. The number of rotatable bonds is 4. The molecule has 1 amide bonds. The monoisotopic (exact) mass is 400 g/mol. The fourth-order valence-electron chi connectivity index (χ4n) is 3.39. The first kappa shape index (κ1) is 19.9. The smallest absolute Gasteiger partial charge is 0.277 e. The van der Waals surface area contributed by atoms with Crippen molar-refractivity contribution in [2.24, 2.45) is 0 Å². The number of benzene rings is 1. The average molecular weight is 401 g/mol. The van der Waals surface area contributed by atoms with Gasteiger partial charge in [0.05, 0.1) is 18.0 Å². The van der Waals surface area contributed by atoms with Gasteiger partial charge in [0.1, 0.15) is 5.52 Å². The van der Waals surface area contributed by atoms with Crippen molar-refractivity contribution in [1.29, 1.82) is 0 Å². The van der Waals surface area contributed by atoms with Gasteiger partial charge in [0, 0.05) is 38.4 Å². The first-order chi connectivity index (χ1) is 13.2. The van der Waals surface area contributed by atoms with Gasteiger partial charge in [-0.05, 0) is 23.8 Å². The van der Waals surface area contributed by atoms with Crippen molar-refractivity contribution in [3.05, 3.63) is 64.7 Å². The van der Waals surface area contributed by atoms with E-state index in [1.165, 1.54) is 4.68 Å². The van der Waals surface area contributed by atoms with Crippen molar-refractivity contribution in [3.63, 3.8) is 0 Å². The van der Waals surface area contributed by atoms with E-state index < -0.39 is 0 Å². The molecule has 8 nitrogen and oxygen atoms in total. The quantitative estimate of drug-likeness (QED) is 0.706. The zero-order chi connectivity index (χ0) is 18.6. The second kappa shape index (κ2) is 8.90. The molecule has 1 aliphatic heterocycles. The third-order valence-electron chi connectivity index (χ3n) is 4.80. The fourth-order valence-corrected chi connectivity index (χ4v) is 3.39. The Balaban J connectivity index is 0.00000225. The van der Waals surface area contributed by atoms with Gasteiger partial charge in [-0.15, -0.1) is 17.5 Å². The molecule has 2 aromatic heterocycles. The van der Waals surface area contributed by atoms with E-state index in [1.54, 1.807) is 30.6 Å². The van der Waals surface area contributed by atoms with Gasteiger partial charge in [0.15, 0.2) is 0 Å². The number of piperazine rings is 1. The first-order valence-corrected chi connectivity index (χ1v) is 8.97. The van der Waals surface area contributed by atoms with E-state index in [2.05, 4.69) is 20.6 Å². The Kier molecular flexibility index (Phi) is 6.33. The van der Waals surface area contributed by atoms with Crippen molar-refractivity contribution in [2.45, 2.75) is 19.0 Å². The van der Waals surface area contributed by atoms with E-state index in [1.807, 2.05) is 23.1 Å². The standard InChI is InChI=1S/C19H20N6O2.ClH/c26-18(24-11-9-21-13-17(24)14-4-3-8-20-12-14)7-10-25-19(27)15-5-1-2-6-16(15)22-23-25;/h1-6,8,12,17,21H,7,9-11,13H2;1H. The van der Waals surface area contributed by atoms with E-state index in [4.69, 9.17) is 0 Å². The van der Waals surface area contributed by atoms with Crippen LogP contribution >= 0.6 is 12.4 Å². The lowest BCUT2D eigenvalue weighted by Crippen LogP contribution is -2.49. The number of aryl methyl sites for hydroxylation is 1. The van der Waals surface area contributed by atoms with Crippen molar-refractivity contribution in [2.75, 3.05) is 19.6 Å². The molecule has 1 saturated heterocycles. The minimum atomic E-state index is -0.225. The molecule has 1 fully saturated rings. The summed E-state index contributed by atoms with van der Waals surface area (Å²) in [4.78, 5) is 31.4. The van der Waals surface area contributed by atoms with E-state index in [9.17, 15) is 9.59 Å². The first-order valence-electron chi connectivity index (χ1n) is 8.97. The summed E-state index contributed by atoms with van der Waals surface area (Å²) in [5.74, 6) is -0.00721. The molecule has 1 unspecified atom stereocenters. The number of fused-ring (bicyclic) bond motifs is 1. The number of amides is 1. The van der Waals surface area contributed by atoms with Crippen LogP contribution in [0, 0.1) is 0 Å². The van der Waals surface area contributed by atoms with Crippen LogP contribution < -0.4 is 10.9 Å². The molecule has 9 heteroatoms. The highest BCUT2D eigenvalue weighted by molar-refractivity contribution is 5.85. The second-order valence-electron chi connectivity index (χ2n) is 6.48. The lowest BCUT2D eigenvalue weighted by molar-refractivity contribution is -0.134. The zero-order valence-corrected chi connectivity index (χ0v) is 16.0. The topological polar surface area (TPSA) is 93.0 Å². The van der Waals surface area contributed by atoms with Gasteiger partial charge < -0.3 is 10.2 Å². The Bertz CT molecular complexity index is 1010. The van der Waals surface area contributed by atoms with Crippen molar-refractivity contribution in [3.8, 4) is 0 Å². The molecule has 4 rings (SSSR count). The van der Waals surface area contributed by atoms with Crippen LogP contribution in [0.5, 0.6) is 0 Å². The summed E-state index contributed by atoms with van der Waals surface area (Å²) in [6, 6.07) is 10.9. The summed E-state index contributed by atoms with van der Waals surface area (Å²) in [6.45, 7) is 2.27. The molecule has 3 heterocycles. The van der Waals surface area contributed by atoms with Gasteiger partial charge in [-0.25, -0.2) is 4.68 Å². The molecule has 1 aromatic carbocycles. The number of nitrogens with zero attached hydrogens (tertiary/aromatic N) is 5. The van der Waals surface area contributed by atoms with Gasteiger partial charge in [-0.2, -0.15) is 0 Å². The number of carbonyl (C=O) groups is 1. The zero-order valence-electron chi connectivity index (χ0n) is 15.2. The maximum absolute atomic E-state index is 12.8. The number of carbonyl (C=O) groups excluding carboxylic acids is 1. The number of hydrogen-bond donors (Lipinski definition) is 1. The minimum absolute atomic E-state index is 0. The predicted octanol–water partition coefficient (Wildman–Crippen LogP) is 1.17. The second-order valence-corrected chi connectivity index (χ2v) is 6.48. The Morgan fingerprint density at radius 1 is 1.21 bits per heavy atom. The summed E-state index contributed by atoms with van der Waals surface area (Å²) in [5.41, 5.74) is 1.34. The molecule has 1 aliphatic rings. The van der Waals surface area contributed by atoms with Crippen LogP contribution in [0.4, 0.5) is 0 Å². The van der Waals surface area contributed by atoms with E-state index in [0.717, 1.165) is 12.1 Å². The lowest BCUT2D eigenvalue weighted by atomic mass is 10.0. The number of aromatic nitrogens is 4. The third kappa shape index (κ3) is 4.02. The average Bonchev–Trinajstić information content (AvgIpc) is 2.74. The van der Waals surface area contributed by atoms with Gasteiger partial charge in [-0.1, -0.05) is 23.4 Å². The van der Waals surface area contributed by atoms with Crippen LogP contribution in [0.3, 0.4) is 0 Å². The Morgan fingerprint density at radius 3 is 2.89 bits per heavy atom. The molecule has 1 atom stereocenters. The Labute approximate surface area is 168 Å².